The van der Waals surface area contributed by atoms with Gasteiger partial charge in [-0.15, -0.1) is 0 Å². The van der Waals surface area contributed by atoms with Gasteiger partial charge in [0.1, 0.15) is 0 Å². The van der Waals surface area contributed by atoms with Gasteiger partial charge in [0.25, 0.3) is 0 Å². The maximum Gasteiger partial charge on any atom is 0.0122 e. The number of rotatable bonds is 5. The summed E-state index contributed by atoms with van der Waals surface area (Å²) in [5.41, 5.74) is 1.45. The summed E-state index contributed by atoms with van der Waals surface area (Å²) < 4.78 is 0. The number of hydrogen-bond donors (Lipinski definition) is 1. The van der Waals surface area contributed by atoms with Crippen LogP contribution in [0.4, 0.5) is 0 Å². The van der Waals surface area contributed by atoms with E-state index >= 15 is 0 Å². The first-order valence-electron chi connectivity index (χ1n) is 8.06. The zero-order chi connectivity index (χ0) is 14.5. The van der Waals surface area contributed by atoms with E-state index in [4.69, 9.17) is 0 Å². The van der Waals surface area contributed by atoms with Gasteiger partial charge in [-0.1, -0.05) is 37.3 Å². The van der Waals surface area contributed by atoms with Crippen molar-refractivity contribution in [2.75, 3.05) is 13.6 Å². The van der Waals surface area contributed by atoms with Crippen molar-refractivity contribution in [3.05, 3.63) is 35.9 Å². The summed E-state index contributed by atoms with van der Waals surface area (Å²) in [5.74, 6) is 0.746. The van der Waals surface area contributed by atoms with Crippen LogP contribution < -0.4 is 5.32 Å². The van der Waals surface area contributed by atoms with Gasteiger partial charge in [-0.2, -0.15) is 0 Å². The minimum atomic E-state index is 0.596. The lowest BCUT2D eigenvalue weighted by molar-refractivity contribution is 0.116. The van der Waals surface area contributed by atoms with Crippen LogP contribution in [0.25, 0.3) is 0 Å². The lowest BCUT2D eigenvalue weighted by Gasteiger charge is -2.41. The van der Waals surface area contributed by atoms with E-state index in [1.807, 2.05) is 0 Å². The van der Waals surface area contributed by atoms with Crippen LogP contribution in [0.2, 0.25) is 0 Å². The standard InChI is InChI=1S/C18H30N2/c1-14-13-20(4)16(3)12-18(14)19-15(2)10-11-17-8-6-5-7-9-17/h5-9,14-16,18-19H,10-13H2,1-4H3. The zero-order valence-electron chi connectivity index (χ0n) is 13.5. The van der Waals surface area contributed by atoms with Gasteiger partial charge in [0.2, 0.25) is 0 Å². The van der Waals surface area contributed by atoms with Crippen LogP contribution in [-0.4, -0.2) is 36.6 Å². The molecule has 0 spiro atoms. The van der Waals surface area contributed by atoms with Gasteiger partial charge in [-0.25, -0.2) is 0 Å². The Morgan fingerprint density at radius 3 is 2.65 bits per heavy atom. The van der Waals surface area contributed by atoms with Crippen LogP contribution in [-0.2, 0) is 6.42 Å². The van der Waals surface area contributed by atoms with Crippen molar-refractivity contribution in [3.8, 4) is 0 Å². The molecule has 1 aliphatic heterocycles. The summed E-state index contributed by atoms with van der Waals surface area (Å²) in [6.07, 6.45) is 3.66. The molecule has 2 heteroatoms. The topological polar surface area (TPSA) is 15.3 Å². The second kappa shape index (κ2) is 7.24. The average Bonchev–Trinajstić information content (AvgIpc) is 2.44. The minimum absolute atomic E-state index is 0.596. The Morgan fingerprint density at radius 2 is 1.95 bits per heavy atom. The highest BCUT2D eigenvalue weighted by molar-refractivity contribution is 5.14. The number of benzene rings is 1. The van der Waals surface area contributed by atoms with Gasteiger partial charge < -0.3 is 10.2 Å². The first kappa shape index (κ1) is 15.5. The van der Waals surface area contributed by atoms with Gasteiger partial charge in [0.15, 0.2) is 0 Å². The minimum Gasteiger partial charge on any atom is -0.311 e. The SMILES string of the molecule is CC(CCc1ccccc1)NC1CC(C)N(C)CC1C. The van der Waals surface area contributed by atoms with E-state index in [9.17, 15) is 0 Å². The van der Waals surface area contributed by atoms with Gasteiger partial charge in [0, 0.05) is 24.7 Å². The molecule has 1 N–H and O–H groups in total. The smallest absolute Gasteiger partial charge is 0.0122 e. The molecule has 4 unspecified atom stereocenters. The van der Waals surface area contributed by atoms with Crippen molar-refractivity contribution < 1.29 is 0 Å². The van der Waals surface area contributed by atoms with E-state index < -0.39 is 0 Å². The van der Waals surface area contributed by atoms with E-state index in [0.717, 1.165) is 5.92 Å². The van der Waals surface area contributed by atoms with E-state index in [2.05, 4.69) is 68.4 Å². The van der Waals surface area contributed by atoms with Gasteiger partial charge in [-0.3, -0.25) is 0 Å². The fourth-order valence-corrected chi connectivity index (χ4v) is 3.25. The first-order valence-corrected chi connectivity index (χ1v) is 8.06. The summed E-state index contributed by atoms with van der Waals surface area (Å²) in [6, 6.07) is 12.8. The Hall–Kier alpha value is -0.860. The molecule has 0 aromatic heterocycles. The molecule has 0 radical (unpaired) electrons. The highest BCUT2D eigenvalue weighted by Crippen LogP contribution is 2.21. The molecule has 1 aliphatic rings. The Labute approximate surface area is 124 Å². The van der Waals surface area contributed by atoms with Crippen LogP contribution in [0, 0.1) is 5.92 Å². The van der Waals surface area contributed by atoms with Crippen LogP contribution >= 0.6 is 0 Å². The van der Waals surface area contributed by atoms with Gasteiger partial charge in [-0.05, 0) is 51.6 Å². The molecule has 1 fully saturated rings. The molecule has 1 saturated heterocycles. The van der Waals surface area contributed by atoms with Crippen LogP contribution in [0.1, 0.15) is 39.2 Å². The number of nitrogens with zero attached hydrogens (tertiary/aromatic N) is 1. The number of hydrogen-bond acceptors (Lipinski definition) is 2. The van der Waals surface area contributed by atoms with Gasteiger partial charge >= 0.3 is 0 Å². The maximum absolute atomic E-state index is 3.86. The molecule has 0 bridgehead atoms. The largest absolute Gasteiger partial charge is 0.311 e. The number of likely N-dealkylation sites (tertiary alicyclic amines) is 1. The zero-order valence-corrected chi connectivity index (χ0v) is 13.5. The summed E-state index contributed by atoms with van der Waals surface area (Å²) in [7, 11) is 2.25. The molecule has 20 heavy (non-hydrogen) atoms. The monoisotopic (exact) mass is 274 g/mol. The molecule has 4 atom stereocenters. The molecule has 1 aromatic rings. The van der Waals surface area contributed by atoms with Gasteiger partial charge in [0.05, 0.1) is 0 Å². The Morgan fingerprint density at radius 1 is 1.25 bits per heavy atom. The highest BCUT2D eigenvalue weighted by atomic mass is 15.2. The molecule has 0 saturated carbocycles. The molecule has 1 heterocycles. The second-order valence-electron chi connectivity index (χ2n) is 6.70. The Bertz CT molecular complexity index is 390. The van der Waals surface area contributed by atoms with E-state index in [1.165, 1.54) is 31.4 Å². The molecule has 2 nitrogen and oxygen atoms in total. The van der Waals surface area contributed by atoms with Crippen molar-refractivity contribution in [3.63, 3.8) is 0 Å². The molecule has 1 aromatic carbocycles. The van der Waals surface area contributed by atoms with E-state index in [0.29, 0.717) is 18.1 Å². The van der Waals surface area contributed by atoms with Crippen molar-refractivity contribution in [2.24, 2.45) is 5.92 Å². The van der Waals surface area contributed by atoms with E-state index in [1.54, 1.807) is 0 Å². The molecule has 112 valence electrons. The quantitative estimate of drug-likeness (QED) is 0.886. The molecule has 0 aliphatic carbocycles. The third-order valence-corrected chi connectivity index (χ3v) is 4.82. The van der Waals surface area contributed by atoms with Crippen LogP contribution in [0.5, 0.6) is 0 Å². The maximum atomic E-state index is 3.86. The predicted molar refractivity (Wildman–Crippen MR) is 87.0 cm³/mol. The fourth-order valence-electron chi connectivity index (χ4n) is 3.25. The third-order valence-electron chi connectivity index (χ3n) is 4.82. The highest BCUT2D eigenvalue weighted by Gasteiger charge is 2.29. The number of piperidine rings is 1. The molecular formula is C18H30N2. The molecule has 0 amide bonds. The summed E-state index contributed by atoms with van der Waals surface area (Å²) >= 11 is 0. The van der Waals surface area contributed by atoms with Crippen molar-refractivity contribution in [1.82, 2.24) is 10.2 Å². The van der Waals surface area contributed by atoms with Crippen LogP contribution in [0.3, 0.4) is 0 Å². The Kier molecular flexibility index (Phi) is 5.62. The predicted octanol–water partition coefficient (Wildman–Crippen LogP) is 3.33. The van der Waals surface area contributed by atoms with Crippen molar-refractivity contribution in [2.45, 2.75) is 58.2 Å². The second-order valence-corrected chi connectivity index (χ2v) is 6.70. The average molecular weight is 274 g/mol. The van der Waals surface area contributed by atoms with Crippen molar-refractivity contribution in [1.29, 1.82) is 0 Å². The number of nitrogens with one attached hydrogen (secondary N) is 1. The summed E-state index contributed by atoms with van der Waals surface area (Å²) in [6.45, 7) is 8.27. The van der Waals surface area contributed by atoms with E-state index in [-0.39, 0.29) is 0 Å². The number of aryl methyl sites for hydroxylation is 1. The summed E-state index contributed by atoms with van der Waals surface area (Å²) in [4.78, 5) is 2.48. The lowest BCUT2D eigenvalue weighted by Crippen LogP contribution is -2.52. The third kappa shape index (κ3) is 4.32. The Balaban J connectivity index is 1.78. The first-order chi connectivity index (χ1) is 9.56. The fraction of sp³-hybridized carbons (Fsp3) is 0.667. The molecule has 2 rings (SSSR count). The summed E-state index contributed by atoms with van der Waals surface area (Å²) in [5, 5.41) is 3.86. The normalized spacial score (nSPS) is 29.3. The van der Waals surface area contributed by atoms with Crippen molar-refractivity contribution >= 4 is 0 Å². The molecular weight excluding hydrogens is 244 g/mol. The van der Waals surface area contributed by atoms with Crippen LogP contribution in [0.15, 0.2) is 30.3 Å². The lowest BCUT2D eigenvalue weighted by atomic mass is 9.89.